The van der Waals surface area contributed by atoms with Gasteiger partial charge >= 0.3 is 0 Å². The fourth-order valence-electron chi connectivity index (χ4n) is 2.24. The van der Waals surface area contributed by atoms with Crippen LogP contribution >= 0.6 is 23.4 Å². The monoisotopic (exact) mass is 309 g/mol. The van der Waals surface area contributed by atoms with E-state index >= 15 is 0 Å². The summed E-state index contributed by atoms with van der Waals surface area (Å²) in [4.78, 5) is 4.46. The van der Waals surface area contributed by atoms with Crippen LogP contribution in [-0.4, -0.2) is 34.2 Å². The molecule has 2 heterocycles. The molecule has 1 atom stereocenters. The Hall–Kier alpha value is -1.04. The van der Waals surface area contributed by atoms with Gasteiger partial charge in [0.2, 0.25) is 5.89 Å². The maximum absolute atomic E-state index is 5.97. The number of halogens is 1. The summed E-state index contributed by atoms with van der Waals surface area (Å²) in [5, 5.41) is 8.24. The van der Waals surface area contributed by atoms with Crippen molar-refractivity contribution in [2.24, 2.45) is 0 Å². The van der Waals surface area contributed by atoms with Crippen molar-refractivity contribution < 1.29 is 4.52 Å². The standard InChI is InChI=1S/C14H16ClN3OS/c15-11-3-1-2-10(6-11)7-13-17-14(19-18-13)8-12-9-20-5-4-16-12/h1-3,6,12,16H,4-5,7-9H2. The first kappa shape index (κ1) is 13.9. The molecule has 1 aliphatic rings. The Morgan fingerprint density at radius 1 is 1.45 bits per heavy atom. The van der Waals surface area contributed by atoms with Gasteiger partial charge in [0.25, 0.3) is 0 Å². The number of aromatic nitrogens is 2. The number of hydrogen-bond acceptors (Lipinski definition) is 5. The SMILES string of the molecule is Clc1cccc(Cc2noc(CC3CSCCN3)n2)c1. The largest absolute Gasteiger partial charge is 0.339 e. The van der Waals surface area contributed by atoms with E-state index < -0.39 is 0 Å². The summed E-state index contributed by atoms with van der Waals surface area (Å²) < 4.78 is 5.33. The summed E-state index contributed by atoms with van der Waals surface area (Å²) in [5.74, 6) is 3.71. The van der Waals surface area contributed by atoms with Crippen LogP contribution in [0.2, 0.25) is 5.02 Å². The van der Waals surface area contributed by atoms with Crippen LogP contribution in [-0.2, 0) is 12.8 Å². The second kappa shape index (κ2) is 6.61. The first-order chi connectivity index (χ1) is 9.79. The van der Waals surface area contributed by atoms with Gasteiger partial charge in [0, 0.05) is 42.0 Å². The molecule has 1 unspecified atom stereocenters. The Morgan fingerprint density at radius 2 is 2.40 bits per heavy atom. The van der Waals surface area contributed by atoms with Crippen LogP contribution in [0.1, 0.15) is 17.3 Å². The average molecular weight is 310 g/mol. The molecular weight excluding hydrogens is 294 g/mol. The first-order valence-electron chi connectivity index (χ1n) is 6.66. The molecule has 1 aromatic heterocycles. The van der Waals surface area contributed by atoms with Crippen molar-refractivity contribution in [1.82, 2.24) is 15.5 Å². The van der Waals surface area contributed by atoms with Crippen LogP contribution in [0.15, 0.2) is 28.8 Å². The van der Waals surface area contributed by atoms with Crippen molar-refractivity contribution >= 4 is 23.4 Å². The van der Waals surface area contributed by atoms with E-state index in [4.69, 9.17) is 16.1 Å². The van der Waals surface area contributed by atoms with Gasteiger partial charge in [-0.3, -0.25) is 0 Å². The molecule has 0 saturated carbocycles. The van der Waals surface area contributed by atoms with Gasteiger partial charge in [-0.15, -0.1) is 0 Å². The minimum absolute atomic E-state index is 0.438. The molecule has 20 heavy (non-hydrogen) atoms. The van der Waals surface area contributed by atoms with E-state index in [1.54, 1.807) is 0 Å². The zero-order valence-electron chi connectivity index (χ0n) is 11.0. The fourth-order valence-corrected chi connectivity index (χ4v) is 3.40. The summed E-state index contributed by atoms with van der Waals surface area (Å²) in [5.41, 5.74) is 1.09. The van der Waals surface area contributed by atoms with E-state index in [2.05, 4.69) is 15.5 Å². The normalized spacial score (nSPS) is 19.1. The zero-order chi connectivity index (χ0) is 13.8. The lowest BCUT2D eigenvalue weighted by Gasteiger charge is -2.21. The highest BCUT2D eigenvalue weighted by atomic mass is 35.5. The second-order valence-electron chi connectivity index (χ2n) is 4.84. The van der Waals surface area contributed by atoms with E-state index in [1.807, 2.05) is 36.0 Å². The van der Waals surface area contributed by atoms with Gasteiger partial charge < -0.3 is 9.84 Å². The van der Waals surface area contributed by atoms with Crippen molar-refractivity contribution in [2.75, 3.05) is 18.1 Å². The van der Waals surface area contributed by atoms with Gasteiger partial charge in [0.05, 0.1) is 0 Å². The first-order valence-corrected chi connectivity index (χ1v) is 8.20. The molecule has 0 radical (unpaired) electrons. The number of nitrogens with zero attached hydrogens (tertiary/aromatic N) is 2. The van der Waals surface area contributed by atoms with E-state index in [0.717, 1.165) is 29.3 Å². The second-order valence-corrected chi connectivity index (χ2v) is 6.43. The molecule has 1 saturated heterocycles. The molecule has 6 heteroatoms. The zero-order valence-corrected chi connectivity index (χ0v) is 12.6. The van der Waals surface area contributed by atoms with Gasteiger partial charge in [-0.1, -0.05) is 28.9 Å². The van der Waals surface area contributed by atoms with Crippen LogP contribution < -0.4 is 5.32 Å². The Labute approximate surface area is 127 Å². The quantitative estimate of drug-likeness (QED) is 0.940. The van der Waals surface area contributed by atoms with Crippen LogP contribution in [0.3, 0.4) is 0 Å². The molecule has 106 valence electrons. The number of thioether (sulfide) groups is 1. The Bertz CT molecular complexity index is 569. The summed E-state index contributed by atoms with van der Waals surface area (Å²) in [6.45, 7) is 1.05. The predicted octanol–water partition coefficient (Wildman–Crippen LogP) is 2.56. The van der Waals surface area contributed by atoms with Crippen molar-refractivity contribution in [1.29, 1.82) is 0 Å². The highest BCUT2D eigenvalue weighted by Crippen LogP contribution is 2.15. The maximum Gasteiger partial charge on any atom is 0.228 e. The van der Waals surface area contributed by atoms with Crippen molar-refractivity contribution in [3.8, 4) is 0 Å². The van der Waals surface area contributed by atoms with E-state index in [0.29, 0.717) is 24.2 Å². The summed E-state index contributed by atoms with van der Waals surface area (Å²) in [6.07, 6.45) is 1.45. The highest BCUT2D eigenvalue weighted by Gasteiger charge is 2.17. The van der Waals surface area contributed by atoms with E-state index in [1.165, 1.54) is 5.75 Å². The third-order valence-corrected chi connectivity index (χ3v) is 4.55. The highest BCUT2D eigenvalue weighted by molar-refractivity contribution is 7.99. The Kier molecular flexibility index (Phi) is 4.60. The smallest absolute Gasteiger partial charge is 0.228 e. The third-order valence-electron chi connectivity index (χ3n) is 3.18. The van der Waals surface area contributed by atoms with Crippen molar-refractivity contribution in [3.63, 3.8) is 0 Å². The van der Waals surface area contributed by atoms with Gasteiger partial charge in [-0.2, -0.15) is 16.7 Å². The molecule has 1 aromatic carbocycles. The third kappa shape index (κ3) is 3.75. The van der Waals surface area contributed by atoms with Gasteiger partial charge in [0.1, 0.15) is 0 Å². The molecule has 0 bridgehead atoms. The Balaban J connectivity index is 1.61. The van der Waals surface area contributed by atoms with Gasteiger partial charge in [0.15, 0.2) is 5.82 Å². The average Bonchev–Trinajstić information content (AvgIpc) is 2.87. The van der Waals surface area contributed by atoms with Crippen LogP contribution in [0.4, 0.5) is 0 Å². The Morgan fingerprint density at radius 3 is 3.20 bits per heavy atom. The van der Waals surface area contributed by atoms with E-state index in [9.17, 15) is 0 Å². The lowest BCUT2D eigenvalue weighted by atomic mass is 10.1. The topological polar surface area (TPSA) is 51.0 Å². The number of rotatable bonds is 4. The lowest BCUT2D eigenvalue weighted by Crippen LogP contribution is -2.38. The van der Waals surface area contributed by atoms with E-state index in [-0.39, 0.29) is 0 Å². The summed E-state index contributed by atoms with van der Waals surface area (Å²) >= 11 is 7.94. The minimum atomic E-state index is 0.438. The molecule has 0 amide bonds. The van der Waals surface area contributed by atoms with Crippen LogP contribution in [0.5, 0.6) is 0 Å². The number of hydrogen-bond donors (Lipinski definition) is 1. The fraction of sp³-hybridized carbons (Fsp3) is 0.429. The predicted molar refractivity (Wildman–Crippen MR) is 81.4 cm³/mol. The number of benzene rings is 1. The molecule has 0 spiro atoms. The molecule has 3 rings (SSSR count). The molecule has 1 fully saturated rings. The molecule has 4 nitrogen and oxygen atoms in total. The lowest BCUT2D eigenvalue weighted by molar-refractivity contribution is 0.359. The van der Waals surface area contributed by atoms with Crippen LogP contribution in [0, 0.1) is 0 Å². The summed E-state index contributed by atoms with van der Waals surface area (Å²) in [6, 6.07) is 8.17. The molecule has 1 N–H and O–H groups in total. The minimum Gasteiger partial charge on any atom is -0.339 e. The van der Waals surface area contributed by atoms with Crippen molar-refractivity contribution in [3.05, 3.63) is 46.6 Å². The van der Waals surface area contributed by atoms with Crippen molar-refractivity contribution in [2.45, 2.75) is 18.9 Å². The maximum atomic E-state index is 5.97. The summed E-state index contributed by atoms with van der Waals surface area (Å²) in [7, 11) is 0. The van der Waals surface area contributed by atoms with Gasteiger partial charge in [-0.05, 0) is 17.7 Å². The van der Waals surface area contributed by atoms with Gasteiger partial charge in [-0.25, -0.2) is 0 Å². The number of nitrogens with one attached hydrogen (secondary N) is 1. The van der Waals surface area contributed by atoms with Crippen LogP contribution in [0.25, 0.3) is 0 Å². The molecule has 1 aliphatic heterocycles. The molecular formula is C14H16ClN3OS. The molecule has 2 aromatic rings. The molecule has 0 aliphatic carbocycles.